The summed E-state index contributed by atoms with van der Waals surface area (Å²) in [6.07, 6.45) is 1.75. The van der Waals surface area contributed by atoms with Crippen LogP contribution in [-0.4, -0.2) is 47.4 Å². The molecule has 23 heavy (non-hydrogen) atoms. The summed E-state index contributed by atoms with van der Waals surface area (Å²) in [6.45, 7) is 3.94. The molecule has 2 rings (SSSR count). The summed E-state index contributed by atoms with van der Waals surface area (Å²) in [6, 6.07) is 6.90. The number of aliphatic carboxylic acids is 1. The largest absolute Gasteiger partial charge is 0.478 e. The third-order valence-corrected chi connectivity index (χ3v) is 4.08. The number of benzene rings is 1. The number of rotatable bonds is 5. The molecular formula is C16H18BrNO5. The monoisotopic (exact) mass is 383 g/mol. The highest BCUT2D eigenvalue weighted by molar-refractivity contribution is 9.10. The van der Waals surface area contributed by atoms with E-state index >= 15 is 0 Å². The molecule has 1 fully saturated rings. The number of hydrogen-bond donors (Lipinski definition) is 1. The van der Waals surface area contributed by atoms with Crippen molar-refractivity contribution in [1.29, 1.82) is 0 Å². The van der Waals surface area contributed by atoms with E-state index in [9.17, 15) is 14.7 Å². The predicted molar refractivity (Wildman–Crippen MR) is 87.5 cm³/mol. The number of hydrogen-bond acceptors (Lipinski definition) is 4. The first-order chi connectivity index (χ1) is 11.0. The van der Waals surface area contributed by atoms with Gasteiger partial charge in [0, 0.05) is 17.4 Å². The highest BCUT2D eigenvalue weighted by atomic mass is 79.9. The minimum Gasteiger partial charge on any atom is -0.478 e. The van der Waals surface area contributed by atoms with Crippen molar-refractivity contribution < 1.29 is 24.2 Å². The van der Waals surface area contributed by atoms with E-state index in [2.05, 4.69) is 22.5 Å². The topological polar surface area (TPSA) is 76.1 Å². The van der Waals surface area contributed by atoms with Gasteiger partial charge in [-0.25, -0.2) is 9.59 Å². The summed E-state index contributed by atoms with van der Waals surface area (Å²) in [4.78, 5) is 25.1. The molecule has 1 atom stereocenters. The lowest BCUT2D eigenvalue weighted by atomic mass is 9.92. The molecule has 1 unspecified atom stereocenters. The van der Waals surface area contributed by atoms with Gasteiger partial charge in [-0.3, -0.25) is 0 Å². The van der Waals surface area contributed by atoms with Crippen molar-refractivity contribution in [2.75, 3.05) is 19.7 Å². The van der Waals surface area contributed by atoms with E-state index in [1.54, 1.807) is 24.3 Å². The first-order valence-corrected chi connectivity index (χ1v) is 7.97. The summed E-state index contributed by atoms with van der Waals surface area (Å²) in [7, 11) is 0. The van der Waals surface area contributed by atoms with Gasteiger partial charge < -0.3 is 19.5 Å². The lowest BCUT2D eigenvalue weighted by molar-refractivity contribution is -0.159. The summed E-state index contributed by atoms with van der Waals surface area (Å²) in [5, 5.41) is 9.65. The van der Waals surface area contributed by atoms with E-state index in [0.29, 0.717) is 25.1 Å². The average molecular weight is 384 g/mol. The Balaban J connectivity index is 2.15. The predicted octanol–water partition coefficient (Wildman–Crippen LogP) is 3.07. The van der Waals surface area contributed by atoms with Gasteiger partial charge >= 0.3 is 12.1 Å². The van der Waals surface area contributed by atoms with E-state index in [0.717, 1.165) is 4.47 Å². The van der Waals surface area contributed by atoms with Gasteiger partial charge in [0.25, 0.3) is 0 Å². The van der Waals surface area contributed by atoms with E-state index in [1.807, 2.05) is 0 Å². The van der Waals surface area contributed by atoms with Crippen LogP contribution in [0.3, 0.4) is 0 Å². The average Bonchev–Trinajstić information content (AvgIpc) is 2.55. The number of carbonyl (C=O) groups is 2. The quantitative estimate of drug-likeness (QED) is 0.790. The molecule has 1 N–H and O–H groups in total. The lowest BCUT2D eigenvalue weighted by Gasteiger charge is -2.39. The Labute approximate surface area is 142 Å². The van der Waals surface area contributed by atoms with Gasteiger partial charge in [0.2, 0.25) is 5.60 Å². The van der Waals surface area contributed by atoms with Gasteiger partial charge in [0.15, 0.2) is 0 Å². The fourth-order valence-electron chi connectivity index (χ4n) is 2.43. The number of piperidine rings is 1. The third-order valence-electron chi connectivity index (χ3n) is 3.55. The van der Waals surface area contributed by atoms with Crippen molar-refractivity contribution in [2.24, 2.45) is 0 Å². The van der Waals surface area contributed by atoms with E-state index < -0.39 is 17.7 Å². The maximum absolute atomic E-state index is 12.0. The first kappa shape index (κ1) is 17.3. The zero-order valence-corrected chi connectivity index (χ0v) is 14.1. The Bertz CT molecular complexity index is 589. The molecule has 0 radical (unpaired) electrons. The minimum atomic E-state index is -1.47. The SMILES string of the molecule is C=CCOC(=O)N1CCCC(Oc2ccc(Br)cc2)(C(=O)O)C1. The molecule has 1 aliphatic rings. The molecule has 124 valence electrons. The Hall–Kier alpha value is -2.02. The number of nitrogens with zero attached hydrogens (tertiary/aromatic N) is 1. The van der Waals surface area contributed by atoms with Crippen LogP contribution in [-0.2, 0) is 9.53 Å². The number of halogens is 1. The molecule has 6 nitrogen and oxygen atoms in total. The van der Waals surface area contributed by atoms with Gasteiger partial charge in [-0.15, -0.1) is 0 Å². The van der Waals surface area contributed by atoms with Gasteiger partial charge in [-0.05, 0) is 30.7 Å². The summed E-state index contributed by atoms with van der Waals surface area (Å²) in [5.41, 5.74) is -1.47. The molecule has 1 aliphatic heterocycles. The Morgan fingerprint density at radius 1 is 1.39 bits per heavy atom. The van der Waals surface area contributed by atoms with Crippen LogP contribution in [0, 0.1) is 0 Å². The van der Waals surface area contributed by atoms with Crippen molar-refractivity contribution in [3.8, 4) is 5.75 Å². The van der Waals surface area contributed by atoms with Gasteiger partial charge in [0.1, 0.15) is 12.4 Å². The number of ether oxygens (including phenoxy) is 2. The van der Waals surface area contributed by atoms with Crippen LogP contribution in [0.15, 0.2) is 41.4 Å². The second-order valence-electron chi connectivity index (χ2n) is 5.25. The minimum absolute atomic E-state index is 0.0611. The van der Waals surface area contributed by atoms with Crippen molar-refractivity contribution in [3.63, 3.8) is 0 Å². The number of likely N-dealkylation sites (tertiary alicyclic amines) is 1. The second kappa shape index (κ2) is 7.50. The Morgan fingerprint density at radius 2 is 2.09 bits per heavy atom. The van der Waals surface area contributed by atoms with Crippen LogP contribution in [0.1, 0.15) is 12.8 Å². The number of carboxylic acids is 1. The zero-order valence-electron chi connectivity index (χ0n) is 12.5. The molecular weight excluding hydrogens is 366 g/mol. The Morgan fingerprint density at radius 3 is 2.70 bits per heavy atom. The fourth-order valence-corrected chi connectivity index (χ4v) is 2.69. The van der Waals surface area contributed by atoms with Crippen molar-refractivity contribution in [3.05, 3.63) is 41.4 Å². The summed E-state index contributed by atoms with van der Waals surface area (Å²) in [5.74, 6) is -0.654. The van der Waals surface area contributed by atoms with Gasteiger partial charge in [-0.2, -0.15) is 0 Å². The van der Waals surface area contributed by atoms with E-state index in [4.69, 9.17) is 9.47 Å². The Kier molecular flexibility index (Phi) is 5.65. The molecule has 1 saturated heterocycles. The van der Waals surface area contributed by atoms with Gasteiger partial charge in [0.05, 0.1) is 6.54 Å². The lowest BCUT2D eigenvalue weighted by Crippen LogP contribution is -2.58. The van der Waals surface area contributed by atoms with Crippen LogP contribution >= 0.6 is 15.9 Å². The number of amides is 1. The van der Waals surface area contributed by atoms with Crippen LogP contribution in [0.4, 0.5) is 4.79 Å². The number of carbonyl (C=O) groups excluding carboxylic acids is 1. The highest BCUT2D eigenvalue weighted by Gasteiger charge is 2.46. The summed E-state index contributed by atoms with van der Waals surface area (Å²) >= 11 is 3.32. The zero-order chi connectivity index (χ0) is 16.9. The van der Waals surface area contributed by atoms with Crippen LogP contribution in [0.25, 0.3) is 0 Å². The molecule has 0 aliphatic carbocycles. The van der Waals surface area contributed by atoms with E-state index in [1.165, 1.54) is 11.0 Å². The van der Waals surface area contributed by atoms with Crippen molar-refractivity contribution in [2.45, 2.75) is 18.4 Å². The summed E-state index contributed by atoms with van der Waals surface area (Å²) < 4.78 is 11.6. The number of carboxylic acid groups (broad SMARTS) is 1. The molecule has 0 bridgehead atoms. The molecule has 0 saturated carbocycles. The van der Waals surface area contributed by atoms with E-state index in [-0.39, 0.29) is 13.2 Å². The molecule has 0 spiro atoms. The van der Waals surface area contributed by atoms with Gasteiger partial charge in [-0.1, -0.05) is 28.6 Å². The molecule has 1 amide bonds. The van der Waals surface area contributed by atoms with Crippen LogP contribution < -0.4 is 4.74 Å². The first-order valence-electron chi connectivity index (χ1n) is 7.17. The third kappa shape index (κ3) is 4.25. The van der Waals surface area contributed by atoms with Crippen LogP contribution in [0.5, 0.6) is 5.75 Å². The fraction of sp³-hybridized carbons (Fsp3) is 0.375. The maximum Gasteiger partial charge on any atom is 0.410 e. The second-order valence-corrected chi connectivity index (χ2v) is 6.16. The van der Waals surface area contributed by atoms with Crippen molar-refractivity contribution in [1.82, 2.24) is 4.90 Å². The molecule has 1 heterocycles. The molecule has 0 aromatic heterocycles. The molecule has 1 aromatic rings. The smallest absolute Gasteiger partial charge is 0.410 e. The van der Waals surface area contributed by atoms with Crippen molar-refractivity contribution >= 4 is 28.0 Å². The maximum atomic E-state index is 12.0. The normalized spacial score (nSPS) is 20.7. The standard InChI is InChI=1S/C16H18BrNO5/c1-2-10-22-15(21)18-9-3-8-16(11-18,14(19)20)23-13-6-4-12(17)5-7-13/h2,4-7H,1,3,8-11H2,(H,19,20). The highest BCUT2D eigenvalue weighted by Crippen LogP contribution is 2.29. The molecule has 7 heteroatoms. The van der Waals surface area contributed by atoms with Crippen LogP contribution in [0.2, 0.25) is 0 Å². The molecule has 1 aromatic carbocycles.